The third kappa shape index (κ3) is 6.99. The smallest absolute Gasteiger partial charge is 0.417 e. The number of carbonyl (C=O) groups excluding carboxylic acids is 2. The summed E-state index contributed by atoms with van der Waals surface area (Å²) < 4.78 is 12.0. The molecule has 192 valence electrons. The molecule has 2 amide bonds. The molecule has 1 aliphatic rings. The average Bonchev–Trinajstić information content (AvgIpc) is 3.19. The van der Waals surface area contributed by atoms with E-state index >= 15 is 0 Å². The van der Waals surface area contributed by atoms with Crippen LogP contribution in [0.15, 0.2) is 89.7 Å². The van der Waals surface area contributed by atoms with Crippen LogP contribution in [0.25, 0.3) is 0 Å². The fourth-order valence-electron chi connectivity index (χ4n) is 3.75. The Bertz CT molecular complexity index is 1070. The second-order valence-electron chi connectivity index (χ2n) is 10.5. The van der Waals surface area contributed by atoms with Crippen LogP contribution in [0.4, 0.5) is 4.79 Å². The molecule has 0 N–H and O–H groups in total. The summed E-state index contributed by atoms with van der Waals surface area (Å²) in [4.78, 5) is 28.9. The first-order chi connectivity index (χ1) is 17.0. The molecular formula is C29H37NO4SSi. The Hall–Kier alpha value is -2.61. The highest BCUT2D eigenvalue weighted by Gasteiger charge is 2.45. The van der Waals surface area contributed by atoms with Gasteiger partial charge in [0.05, 0.1) is 18.1 Å². The zero-order valence-electron chi connectivity index (χ0n) is 21.8. The summed E-state index contributed by atoms with van der Waals surface area (Å²) in [6.07, 6.45) is 2.90. The van der Waals surface area contributed by atoms with Crippen molar-refractivity contribution in [1.82, 2.24) is 4.90 Å². The molecule has 0 aromatic heterocycles. The zero-order chi connectivity index (χ0) is 26.3. The Morgan fingerprint density at radius 1 is 1.17 bits per heavy atom. The van der Waals surface area contributed by atoms with Crippen LogP contribution in [0.2, 0.25) is 18.1 Å². The summed E-state index contributed by atoms with van der Waals surface area (Å²) >= 11 is 1.56. The van der Waals surface area contributed by atoms with E-state index in [0.29, 0.717) is 6.42 Å². The predicted octanol–water partition coefficient (Wildman–Crippen LogP) is 7.08. The van der Waals surface area contributed by atoms with Crippen LogP contribution in [-0.4, -0.2) is 44.0 Å². The van der Waals surface area contributed by atoms with Crippen molar-refractivity contribution >= 4 is 32.1 Å². The lowest BCUT2D eigenvalue weighted by molar-refractivity contribution is -0.133. The van der Waals surface area contributed by atoms with Crippen LogP contribution in [0.5, 0.6) is 0 Å². The molecular weight excluding hydrogens is 486 g/mol. The first-order valence-corrected chi connectivity index (χ1v) is 16.0. The van der Waals surface area contributed by atoms with E-state index in [4.69, 9.17) is 9.16 Å². The minimum absolute atomic E-state index is 0.0527. The zero-order valence-corrected chi connectivity index (χ0v) is 23.7. The second kappa shape index (κ2) is 12.1. The minimum Gasteiger partial charge on any atom is -0.447 e. The van der Waals surface area contributed by atoms with Gasteiger partial charge in [-0.3, -0.25) is 4.79 Å². The summed E-state index contributed by atoms with van der Waals surface area (Å²) in [5.41, 5.74) is 1.04. The summed E-state index contributed by atoms with van der Waals surface area (Å²) in [5, 5.41) is 1.91. The molecule has 3 rings (SSSR count). The molecule has 36 heavy (non-hydrogen) atoms. The molecule has 1 saturated heterocycles. The molecule has 1 aliphatic heterocycles. The van der Waals surface area contributed by atoms with Crippen LogP contribution in [-0.2, 0) is 20.4 Å². The molecule has 2 aromatic carbocycles. The van der Waals surface area contributed by atoms with E-state index in [1.165, 1.54) is 4.90 Å². The van der Waals surface area contributed by atoms with Crippen LogP contribution < -0.4 is 0 Å². The van der Waals surface area contributed by atoms with E-state index in [-0.39, 0.29) is 23.6 Å². The number of hydrogen-bond acceptors (Lipinski definition) is 5. The van der Waals surface area contributed by atoms with E-state index < -0.39 is 26.4 Å². The molecule has 1 heterocycles. The van der Waals surface area contributed by atoms with Crippen LogP contribution >= 0.6 is 11.8 Å². The molecule has 0 aliphatic carbocycles. The predicted molar refractivity (Wildman–Crippen MR) is 149 cm³/mol. The maximum absolute atomic E-state index is 13.8. The van der Waals surface area contributed by atoms with Gasteiger partial charge >= 0.3 is 6.09 Å². The van der Waals surface area contributed by atoms with Gasteiger partial charge in [0.25, 0.3) is 0 Å². The van der Waals surface area contributed by atoms with Gasteiger partial charge in [0.15, 0.2) is 8.32 Å². The van der Waals surface area contributed by atoms with E-state index in [9.17, 15) is 9.59 Å². The molecule has 0 spiro atoms. The van der Waals surface area contributed by atoms with Gasteiger partial charge in [0, 0.05) is 4.90 Å². The Morgan fingerprint density at radius 2 is 1.78 bits per heavy atom. The molecule has 0 bridgehead atoms. The number of amides is 2. The standard InChI is InChI=1S/C29H37NO4SSi/c1-7-25(27(31)30-23(21-33-28(30)32)20-22-14-10-8-11-15-22)26(34-36(5,6)29(2,3)4)18-19-35-24-16-12-9-13-17-24/h7-19,23,25-26H,1,20-21H2,2-6H3/b19-18+/t23-,25-,26+/m0/s1. The van der Waals surface area contributed by atoms with Crippen molar-refractivity contribution in [2.45, 2.75) is 62.4 Å². The molecule has 5 nitrogen and oxygen atoms in total. The first-order valence-electron chi connectivity index (χ1n) is 12.3. The van der Waals surface area contributed by atoms with Crippen molar-refractivity contribution in [3.05, 3.63) is 90.4 Å². The van der Waals surface area contributed by atoms with Crippen LogP contribution in [0.3, 0.4) is 0 Å². The van der Waals surface area contributed by atoms with Gasteiger partial charge < -0.3 is 9.16 Å². The molecule has 2 aromatic rings. The number of imide groups is 1. The van der Waals surface area contributed by atoms with Crippen molar-refractivity contribution in [2.75, 3.05) is 6.61 Å². The molecule has 1 fully saturated rings. The summed E-state index contributed by atoms with van der Waals surface area (Å²) in [7, 11) is -2.25. The van der Waals surface area contributed by atoms with Crippen LogP contribution in [0, 0.1) is 5.92 Å². The molecule has 0 saturated carbocycles. The number of rotatable bonds is 10. The van der Waals surface area contributed by atoms with Crippen molar-refractivity contribution in [3.63, 3.8) is 0 Å². The van der Waals surface area contributed by atoms with Crippen molar-refractivity contribution in [2.24, 2.45) is 5.92 Å². The van der Waals surface area contributed by atoms with Gasteiger partial charge in [-0.25, -0.2) is 9.69 Å². The number of hydrogen-bond donors (Lipinski definition) is 0. The molecule has 7 heteroatoms. The molecule has 0 radical (unpaired) electrons. The summed E-state index contributed by atoms with van der Waals surface area (Å²) in [6, 6.07) is 19.5. The lowest BCUT2D eigenvalue weighted by atomic mass is 9.99. The van der Waals surface area contributed by atoms with E-state index in [1.807, 2.05) is 72.1 Å². The largest absolute Gasteiger partial charge is 0.447 e. The number of thioether (sulfide) groups is 1. The number of ether oxygens (including phenoxy) is 1. The second-order valence-corrected chi connectivity index (χ2v) is 16.2. The van der Waals surface area contributed by atoms with Crippen molar-refractivity contribution in [1.29, 1.82) is 0 Å². The van der Waals surface area contributed by atoms with Gasteiger partial charge in [-0.1, -0.05) is 87.1 Å². The lowest BCUT2D eigenvalue weighted by Gasteiger charge is -2.40. The van der Waals surface area contributed by atoms with Crippen LogP contribution in [0.1, 0.15) is 26.3 Å². The Balaban J connectivity index is 1.87. The number of benzene rings is 2. The average molecular weight is 524 g/mol. The third-order valence-electron chi connectivity index (χ3n) is 6.86. The van der Waals surface area contributed by atoms with Gasteiger partial charge in [0.1, 0.15) is 6.61 Å². The van der Waals surface area contributed by atoms with Gasteiger partial charge in [-0.15, -0.1) is 6.58 Å². The number of cyclic esters (lactones) is 1. The highest BCUT2D eigenvalue weighted by atomic mass is 32.2. The quantitative estimate of drug-likeness (QED) is 0.189. The van der Waals surface area contributed by atoms with E-state index in [0.717, 1.165) is 10.5 Å². The number of nitrogens with zero attached hydrogens (tertiary/aromatic N) is 1. The lowest BCUT2D eigenvalue weighted by Crippen LogP contribution is -2.50. The summed E-state index contributed by atoms with van der Waals surface area (Å²) in [5.74, 6) is -1.07. The maximum atomic E-state index is 13.8. The topological polar surface area (TPSA) is 55.8 Å². The minimum atomic E-state index is -2.25. The SMILES string of the molecule is C=C[C@H](C(=O)N1C(=O)OC[C@@H]1Cc1ccccc1)[C@@H](/C=C/Sc1ccccc1)O[Si](C)(C)C(C)(C)C. The Labute approximate surface area is 220 Å². The fraction of sp³-hybridized carbons (Fsp3) is 0.379. The number of carbonyl (C=O) groups is 2. The van der Waals surface area contributed by atoms with E-state index in [1.54, 1.807) is 17.8 Å². The Morgan fingerprint density at radius 3 is 2.36 bits per heavy atom. The van der Waals surface area contributed by atoms with Crippen molar-refractivity contribution in [3.8, 4) is 0 Å². The highest BCUT2D eigenvalue weighted by molar-refractivity contribution is 8.02. The van der Waals surface area contributed by atoms with E-state index in [2.05, 4.69) is 40.4 Å². The van der Waals surface area contributed by atoms with Gasteiger partial charge in [-0.2, -0.15) is 0 Å². The third-order valence-corrected chi connectivity index (χ3v) is 12.2. The maximum Gasteiger partial charge on any atom is 0.417 e. The molecule has 3 atom stereocenters. The van der Waals surface area contributed by atoms with Crippen molar-refractivity contribution < 1.29 is 18.8 Å². The molecule has 0 unspecified atom stereocenters. The monoisotopic (exact) mass is 523 g/mol. The summed E-state index contributed by atoms with van der Waals surface area (Å²) in [6.45, 7) is 14.9. The van der Waals surface area contributed by atoms with Gasteiger partial charge in [-0.05, 0) is 53.7 Å². The Kier molecular flexibility index (Phi) is 9.39. The normalized spacial score (nSPS) is 18.2. The fourth-order valence-corrected chi connectivity index (χ4v) is 5.71. The highest BCUT2D eigenvalue weighted by Crippen LogP contribution is 2.39. The first kappa shape index (κ1) is 28.0. The van der Waals surface area contributed by atoms with Gasteiger partial charge in [0.2, 0.25) is 5.91 Å².